The molecule has 1 aliphatic carbocycles. The van der Waals surface area contributed by atoms with Crippen molar-refractivity contribution in [2.24, 2.45) is 5.73 Å². The van der Waals surface area contributed by atoms with Crippen molar-refractivity contribution in [2.75, 3.05) is 13.1 Å². The minimum Gasteiger partial charge on any atom is -0.330 e. The molecule has 96 valence electrons. The number of urea groups is 1. The summed E-state index contributed by atoms with van der Waals surface area (Å²) in [5, 5.41) is 2.67. The van der Waals surface area contributed by atoms with Crippen LogP contribution in [0.15, 0.2) is 11.8 Å². The van der Waals surface area contributed by atoms with Crippen LogP contribution in [0.25, 0.3) is 0 Å². The van der Waals surface area contributed by atoms with Gasteiger partial charge in [0, 0.05) is 12.7 Å². The van der Waals surface area contributed by atoms with Crippen molar-refractivity contribution >= 4 is 12.4 Å². The number of allylic oxidation sites excluding steroid dienone is 1. The number of carbonyl (C=O) groups is 2. The number of nitrogens with one attached hydrogen (secondary N) is 1. The zero-order chi connectivity index (χ0) is 12.5. The predicted molar refractivity (Wildman–Crippen MR) is 66.1 cm³/mol. The lowest BCUT2D eigenvalue weighted by molar-refractivity contribution is -0.115. The van der Waals surface area contributed by atoms with Crippen LogP contribution in [0, 0.1) is 0 Å². The lowest BCUT2D eigenvalue weighted by Gasteiger charge is -2.16. The molecule has 0 aromatic rings. The van der Waals surface area contributed by atoms with Gasteiger partial charge in [0.25, 0.3) is 0 Å². The van der Waals surface area contributed by atoms with E-state index < -0.39 is 0 Å². The molecule has 1 fully saturated rings. The van der Waals surface area contributed by atoms with Gasteiger partial charge in [0.2, 0.25) is 6.41 Å². The number of hydrogen-bond donors (Lipinski definition) is 2. The van der Waals surface area contributed by atoms with Gasteiger partial charge in [-0.3, -0.25) is 9.69 Å². The van der Waals surface area contributed by atoms with Crippen LogP contribution in [-0.2, 0) is 4.79 Å². The zero-order valence-corrected chi connectivity index (χ0v) is 10.2. The Morgan fingerprint density at radius 1 is 1.35 bits per heavy atom. The molecule has 1 saturated carbocycles. The fourth-order valence-corrected chi connectivity index (χ4v) is 1.86. The summed E-state index contributed by atoms with van der Waals surface area (Å²) in [6.07, 6.45) is 8.66. The first-order chi connectivity index (χ1) is 8.27. The molecule has 5 heteroatoms. The van der Waals surface area contributed by atoms with Gasteiger partial charge in [0.05, 0.1) is 0 Å². The van der Waals surface area contributed by atoms with Gasteiger partial charge in [-0.1, -0.05) is 12.0 Å². The van der Waals surface area contributed by atoms with E-state index in [1.807, 2.05) is 0 Å². The number of hydrogen-bond acceptors (Lipinski definition) is 3. The number of rotatable bonds is 5. The average Bonchev–Trinajstić information content (AvgIpc) is 2.38. The van der Waals surface area contributed by atoms with E-state index in [0.29, 0.717) is 25.9 Å². The first kappa shape index (κ1) is 13.7. The van der Waals surface area contributed by atoms with E-state index in [1.165, 1.54) is 24.8 Å². The van der Waals surface area contributed by atoms with Crippen LogP contribution in [0.3, 0.4) is 0 Å². The minimum absolute atomic E-state index is 0.369. The molecule has 5 nitrogen and oxygen atoms in total. The molecule has 0 aromatic carbocycles. The zero-order valence-electron chi connectivity index (χ0n) is 10.2. The van der Waals surface area contributed by atoms with Crippen LogP contribution in [0.1, 0.15) is 38.5 Å². The van der Waals surface area contributed by atoms with E-state index in [4.69, 9.17) is 5.73 Å². The third kappa shape index (κ3) is 4.99. The van der Waals surface area contributed by atoms with Crippen molar-refractivity contribution in [1.82, 2.24) is 10.2 Å². The highest BCUT2D eigenvalue weighted by atomic mass is 16.2. The summed E-state index contributed by atoms with van der Waals surface area (Å²) in [7, 11) is 0. The summed E-state index contributed by atoms with van der Waals surface area (Å²) in [5.41, 5.74) is 6.59. The Labute approximate surface area is 102 Å². The van der Waals surface area contributed by atoms with Crippen LogP contribution in [0.5, 0.6) is 0 Å². The van der Waals surface area contributed by atoms with E-state index in [2.05, 4.69) is 5.32 Å². The fraction of sp³-hybridized carbons (Fsp3) is 0.667. The number of carbonyl (C=O) groups excluding carboxylic acids is 2. The molecule has 3 amide bonds. The van der Waals surface area contributed by atoms with Crippen molar-refractivity contribution in [1.29, 1.82) is 0 Å². The molecule has 0 atom stereocenters. The van der Waals surface area contributed by atoms with Crippen LogP contribution in [0.2, 0.25) is 0 Å². The second-order valence-corrected chi connectivity index (χ2v) is 4.25. The maximum absolute atomic E-state index is 11.6. The van der Waals surface area contributed by atoms with E-state index in [-0.39, 0.29) is 6.03 Å². The van der Waals surface area contributed by atoms with Crippen LogP contribution >= 0.6 is 0 Å². The molecule has 0 heterocycles. The maximum Gasteiger partial charge on any atom is 0.327 e. The molecule has 3 N–H and O–H groups in total. The molecule has 1 aliphatic rings. The Kier molecular flexibility index (Phi) is 6.32. The van der Waals surface area contributed by atoms with Crippen molar-refractivity contribution in [2.45, 2.75) is 38.5 Å². The maximum atomic E-state index is 11.6. The van der Waals surface area contributed by atoms with E-state index >= 15 is 0 Å². The highest BCUT2D eigenvalue weighted by Gasteiger charge is 2.11. The van der Waals surface area contributed by atoms with E-state index in [9.17, 15) is 9.59 Å². The van der Waals surface area contributed by atoms with E-state index in [0.717, 1.165) is 17.7 Å². The Hall–Kier alpha value is -1.36. The predicted octanol–water partition coefficient (Wildman–Crippen LogP) is 1.35. The molecule has 0 radical (unpaired) electrons. The highest BCUT2D eigenvalue weighted by molar-refractivity contribution is 5.85. The molecular formula is C12H21N3O2. The summed E-state index contributed by atoms with van der Waals surface area (Å²) in [5.74, 6) is 0. The van der Waals surface area contributed by atoms with Gasteiger partial charge in [-0.05, 0) is 38.6 Å². The van der Waals surface area contributed by atoms with Crippen molar-refractivity contribution in [3.63, 3.8) is 0 Å². The largest absolute Gasteiger partial charge is 0.330 e. The van der Waals surface area contributed by atoms with Crippen molar-refractivity contribution in [3.05, 3.63) is 11.8 Å². The van der Waals surface area contributed by atoms with E-state index in [1.54, 1.807) is 6.20 Å². The van der Waals surface area contributed by atoms with Gasteiger partial charge in [-0.2, -0.15) is 0 Å². The summed E-state index contributed by atoms with van der Waals surface area (Å²) >= 11 is 0. The Morgan fingerprint density at radius 2 is 2.06 bits per heavy atom. The third-order valence-corrected chi connectivity index (χ3v) is 2.89. The molecule has 0 aliphatic heterocycles. The standard InChI is InChI=1S/C12H21N3O2/c13-7-4-8-15(10-16)12(17)14-9-11-5-2-1-3-6-11/h9-10H,1-8,13H2,(H,14,17). The smallest absolute Gasteiger partial charge is 0.327 e. The first-order valence-corrected chi connectivity index (χ1v) is 6.18. The quantitative estimate of drug-likeness (QED) is 0.711. The fourth-order valence-electron chi connectivity index (χ4n) is 1.86. The van der Waals surface area contributed by atoms with Gasteiger partial charge >= 0.3 is 6.03 Å². The van der Waals surface area contributed by atoms with Gasteiger partial charge < -0.3 is 11.1 Å². The third-order valence-electron chi connectivity index (χ3n) is 2.89. The topological polar surface area (TPSA) is 75.4 Å². The molecule has 17 heavy (non-hydrogen) atoms. The molecule has 1 rings (SSSR count). The van der Waals surface area contributed by atoms with Crippen molar-refractivity contribution < 1.29 is 9.59 Å². The van der Waals surface area contributed by atoms with Crippen LogP contribution in [0.4, 0.5) is 4.79 Å². The van der Waals surface area contributed by atoms with Gasteiger partial charge in [-0.25, -0.2) is 4.79 Å². The minimum atomic E-state index is -0.369. The molecular weight excluding hydrogens is 218 g/mol. The number of amides is 3. The Balaban J connectivity index is 2.37. The Morgan fingerprint density at radius 3 is 2.65 bits per heavy atom. The van der Waals surface area contributed by atoms with Gasteiger partial charge in [-0.15, -0.1) is 0 Å². The number of nitrogens with two attached hydrogens (primary N) is 1. The normalized spacial score (nSPS) is 15.2. The SMILES string of the molecule is NCCCN(C=O)C(=O)NC=C1CCCCC1. The second kappa shape index (κ2) is 7.84. The lowest BCUT2D eigenvalue weighted by atomic mass is 9.96. The number of nitrogens with zero attached hydrogens (tertiary/aromatic N) is 1. The lowest BCUT2D eigenvalue weighted by Crippen LogP contribution is -2.38. The molecule has 0 saturated heterocycles. The van der Waals surface area contributed by atoms with Crippen LogP contribution in [-0.4, -0.2) is 30.4 Å². The summed E-state index contributed by atoms with van der Waals surface area (Å²) < 4.78 is 0. The molecule has 0 bridgehead atoms. The highest BCUT2D eigenvalue weighted by Crippen LogP contribution is 2.21. The van der Waals surface area contributed by atoms with Gasteiger partial charge in [0.15, 0.2) is 0 Å². The molecule has 0 aromatic heterocycles. The summed E-state index contributed by atoms with van der Waals surface area (Å²) in [6.45, 7) is 0.841. The summed E-state index contributed by atoms with van der Waals surface area (Å²) in [6, 6.07) is -0.369. The average molecular weight is 239 g/mol. The Bertz CT molecular complexity index is 281. The molecule has 0 unspecified atom stereocenters. The second-order valence-electron chi connectivity index (χ2n) is 4.25. The van der Waals surface area contributed by atoms with Crippen molar-refractivity contribution in [3.8, 4) is 0 Å². The van der Waals surface area contributed by atoms with Gasteiger partial charge in [0.1, 0.15) is 0 Å². The summed E-state index contributed by atoms with van der Waals surface area (Å²) in [4.78, 5) is 23.4. The first-order valence-electron chi connectivity index (χ1n) is 6.18. The number of imide groups is 1. The van der Waals surface area contributed by atoms with Crippen LogP contribution < -0.4 is 11.1 Å². The monoisotopic (exact) mass is 239 g/mol. The molecule has 0 spiro atoms.